The van der Waals surface area contributed by atoms with Gasteiger partial charge in [-0.05, 0) is 37.0 Å². The van der Waals surface area contributed by atoms with E-state index in [-0.39, 0.29) is 23.5 Å². The van der Waals surface area contributed by atoms with Crippen molar-refractivity contribution in [2.24, 2.45) is 5.92 Å². The zero-order chi connectivity index (χ0) is 25.6. The number of carbonyl (C=O) groups is 2. The van der Waals surface area contributed by atoms with Gasteiger partial charge in [-0.1, -0.05) is 37.6 Å². The Morgan fingerprint density at radius 3 is 2.60 bits per heavy atom. The van der Waals surface area contributed by atoms with Gasteiger partial charge in [0.15, 0.2) is 0 Å². The largest absolute Gasteiger partial charge is 0.469 e. The summed E-state index contributed by atoms with van der Waals surface area (Å²) in [6.45, 7) is 1.94. The SMILES string of the molecule is CCCC(=O)OC1=C(SCCCCCC(=O)OC)C(/C=C/C(O)Cc2ccc([N+](=O)[O-])cc2)CC1. The summed E-state index contributed by atoms with van der Waals surface area (Å²) in [5.41, 5.74) is 0.831. The Morgan fingerprint density at radius 1 is 1.20 bits per heavy atom. The molecule has 1 aliphatic carbocycles. The molecule has 0 heterocycles. The smallest absolute Gasteiger partial charge is 0.310 e. The zero-order valence-corrected chi connectivity index (χ0v) is 21.3. The minimum atomic E-state index is -0.729. The van der Waals surface area contributed by atoms with E-state index in [1.165, 1.54) is 19.2 Å². The molecule has 1 N–H and O–H groups in total. The summed E-state index contributed by atoms with van der Waals surface area (Å²) in [4.78, 5) is 34.7. The fraction of sp³-hybridized carbons (Fsp3) is 0.538. The number of unbranched alkanes of at least 4 members (excludes halogenated alkanes) is 2. The molecule has 0 bridgehead atoms. The van der Waals surface area contributed by atoms with Crippen molar-refractivity contribution < 1.29 is 29.1 Å². The van der Waals surface area contributed by atoms with E-state index in [0.717, 1.165) is 54.1 Å². The molecule has 1 aromatic rings. The number of thioether (sulfide) groups is 1. The van der Waals surface area contributed by atoms with Gasteiger partial charge in [-0.2, -0.15) is 0 Å². The van der Waals surface area contributed by atoms with Crippen LogP contribution in [0.2, 0.25) is 0 Å². The number of hydrogen-bond acceptors (Lipinski definition) is 8. The van der Waals surface area contributed by atoms with Crippen LogP contribution in [0.15, 0.2) is 47.1 Å². The van der Waals surface area contributed by atoms with Gasteiger partial charge in [0.05, 0.1) is 18.1 Å². The summed E-state index contributed by atoms with van der Waals surface area (Å²) in [7, 11) is 1.39. The molecule has 1 aromatic carbocycles. The molecule has 2 unspecified atom stereocenters. The third kappa shape index (κ3) is 10.2. The maximum absolute atomic E-state index is 12.1. The second-order valence-corrected chi connectivity index (χ2v) is 9.61. The van der Waals surface area contributed by atoms with Crippen LogP contribution in [0.4, 0.5) is 5.69 Å². The number of nitro groups is 1. The fourth-order valence-corrected chi connectivity index (χ4v) is 5.05. The Bertz CT molecular complexity index is 911. The summed E-state index contributed by atoms with van der Waals surface area (Å²) in [6.07, 6.45) is 8.97. The number of nitro benzene ring substituents is 1. The highest BCUT2D eigenvalue weighted by molar-refractivity contribution is 8.03. The normalized spacial score (nSPS) is 16.5. The lowest BCUT2D eigenvalue weighted by atomic mass is 10.0. The molecule has 0 saturated carbocycles. The van der Waals surface area contributed by atoms with Crippen LogP contribution in [0.5, 0.6) is 0 Å². The summed E-state index contributed by atoms with van der Waals surface area (Å²) >= 11 is 1.67. The molecule has 9 heteroatoms. The van der Waals surface area contributed by atoms with Crippen LogP contribution < -0.4 is 0 Å². The number of aliphatic hydroxyl groups excluding tert-OH is 1. The molecule has 0 spiro atoms. The molecule has 0 radical (unpaired) electrons. The molecule has 0 aliphatic heterocycles. The maximum atomic E-state index is 12.1. The van der Waals surface area contributed by atoms with Gasteiger partial charge < -0.3 is 14.6 Å². The number of esters is 2. The van der Waals surface area contributed by atoms with E-state index >= 15 is 0 Å². The first-order valence-electron chi connectivity index (χ1n) is 12.1. The summed E-state index contributed by atoms with van der Waals surface area (Å²) in [5.74, 6) is 1.22. The Balaban J connectivity index is 1.96. The molecular weight excluding hydrogens is 470 g/mol. The van der Waals surface area contributed by atoms with E-state index in [1.54, 1.807) is 30.0 Å². The highest BCUT2D eigenvalue weighted by Gasteiger charge is 2.27. The molecule has 0 amide bonds. The third-order valence-electron chi connectivity index (χ3n) is 5.65. The monoisotopic (exact) mass is 505 g/mol. The van der Waals surface area contributed by atoms with Crippen LogP contribution in [0.3, 0.4) is 0 Å². The minimum Gasteiger partial charge on any atom is -0.469 e. The number of hydrogen-bond donors (Lipinski definition) is 1. The van der Waals surface area contributed by atoms with Crippen LogP contribution >= 0.6 is 11.8 Å². The molecule has 2 rings (SSSR count). The van der Waals surface area contributed by atoms with Crippen molar-refractivity contribution in [3.63, 3.8) is 0 Å². The minimum absolute atomic E-state index is 0.0204. The van der Waals surface area contributed by atoms with Crippen molar-refractivity contribution in [1.29, 1.82) is 0 Å². The second kappa shape index (κ2) is 15.4. The maximum Gasteiger partial charge on any atom is 0.310 e. The van der Waals surface area contributed by atoms with Crippen LogP contribution in [0.25, 0.3) is 0 Å². The van der Waals surface area contributed by atoms with E-state index in [0.29, 0.717) is 25.7 Å². The standard InChI is InChI=1S/C26H35NO7S/c1-3-7-25(30)34-23-16-12-20(26(23)35-17-6-4-5-8-24(29)33-2)11-15-22(28)18-19-9-13-21(14-10-19)27(31)32/h9-11,13-15,20,22,28H,3-8,12,16-18H2,1-2H3/b15-11+. The summed E-state index contributed by atoms with van der Waals surface area (Å²) in [6, 6.07) is 6.17. The number of non-ortho nitro benzene ring substituents is 1. The molecule has 0 aromatic heterocycles. The fourth-order valence-electron chi connectivity index (χ4n) is 3.77. The van der Waals surface area contributed by atoms with E-state index in [2.05, 4.69) is 4.74 Å². The van der Waals surface area contributed by atoms with Crippen LogP contribution in [-0.2, 0) is 25.5 Å². The molecule has 8 nitrogen and oxygen atoms in total. The third-order valence-corrected chi connectivity index (χ3v) is 6.99. The Labute approximate surface area is 210 Å². The topological polar surface area (TPSA) is 116 Å². The number of ether oxygens (including phenoxy) is 2. The van der Waals surface area contributed by atoms with E-state index in [9.17, 15) is 24.8 Å². The van der Waals surface area contributed by atoms with Gasteiger partial charge in [-0.15, -0.1) is 11.8 Å². The lowest BCUT2D eigenvalue weighted by molar-refractivity contribution is -0.384. The number of nitrogens with zero attached hydrogens (tertiary/aromatic N) is 1. The first-order valence-corrected chi connectivity index (χ1v) is 13.1. The van der Waals surface area contributed by atoms with E-state index < -0.39 is 11.0 Å². The van der Waals surface area contributed by atoms with Crippen molar-refractivity contribution in [2.75, 3.05) is 12.9 Å². The Kier molecular flexibility index (Phi) is 12.6. The van der Waals surface area contributed by atoms with Crippen molar-refractivity contribution in [2.45, 2.75) is 70.8 Å². The Hall–Kier alpha value is -2.65. The van der Waals surface area contributed by atoms with Crippen LogP contribution in [0.1, 0.15) is 63.9 Å². The molecule has 1 aliphatic rings. The van der Waals surface area contributed by atoms with Gasteiger partial charge in [0.25, 0.3) is 5.69 Å². The van der Waals surface area contributed by atoms with E-state index in [4.69, 9.17) is 4.74 Å². The van der Waals surface area contributed by atoms with Crippen molar-refractivity contribution in [3.8, 4) is 0 Å². The molecule has 2 atom stereocenters. The lowest BCUT2D eigenvalue weighted by Gasteiger charge is -2.13. The van der Waals surface area contributed by atoms with Gasteiger partial charge in [0.2, 0.25) is 0 Å². The highest BCUT2D eigenvalue weighted by Crippen LogP contribution is 2.41. The van der Waals surface area contributed by atoms with Gasteiger partial charge in [-0.3, -0.25) is 19.7 Å². The summed E-state index contributed by atoms with van der Waals surface area (Å²) < 4.78 is 10.3. The number of carbonyl (C=O) groups excluding carboxylic acids is 2. The van der Waals surface area contributed by atoms with Gasteiger partial charge in [0, 0.05) is 48.6 Å². The van der Waals surface area contributed by atoms with Gasteiger partial charge >= 0.3 is 11.9 Å². The number of rotatable bonds is 15. The van der Waals surface area contributed by atoms with Crippen LogP contribution in [0, 0.1) is 16.0 Å². The second-order valence-electron chi connectivity index (χ2n) is 8.47. The number of aliphatic hydroxyl groups is 1. The quantitative estimate of drug-likeness (QED) is 0.109. The zero-order valence-electron chi connectivity index (χ0n) is 20.4. The average molecular weight is 506 g/mol. The molecule has 0 fully saturated rings. The average Bonchev–Trinajstić information content (AvgIpc) is 3.21. The highest BCUT2D eigenvalue weighted by atomic mass is 32.2. The predicted octanol–water partition coefficient (Wildman–Crippen LogP) is 5.49. The first kappa shape index (κ1) is 28.6. The number of allylic oxidation sites excluding steroid dienone is 3. The number of benzene rings is 1. The molecule has 192 valence electrons. The number of methoxy groups -OCH3 is 1. The summed E-state index contributed by atoms with van der Waals surface area (Å²) in [5, 5.41) is 21.3. The molecular formula is C26H35NO7S. The van der Waals surface area contributed by atoms with E-state index in [1.807, 2.05) is 13.0 Å². The lowest BCUT2D eigenvalue weighted by Crippen LogP contribution is -2.08. The first-order chi connectivity index (χ1) is 16.8. The van der Waals surface area contributed by atoms with Gasteiger partial charge in [-0.25, -0.2) is 0 Å². The predicted molar refractivity (Wildman–Crippen MR) is 136 cm³/mol. The van der Waals surface area contributed by atoms with Crippen molar-refractivity contribution in [1.82, 2.24) is 0 Å². The van der Waals surface area contributed by atoms with Gasteiger partial charge in [0.1, 0.15) is 5.76 Å². The van der Waals surface area contributed by atoms with Crippen LogP contribution in [-0.4, -0.2) is 40.9 Å². The van der Waals surface area contributed by atoms with Crippen molar-refractivity contribution >= 4 is 29.4 Å². The molecule has 35 heavy (non-hydrogen) atoms. The van der Waals surface area contributed by atoms with Crippen molar-refractivity contribution in [3.05, 3.63) is 62.8 Å². The Morgan fingerprint density at radius 2 is 1.94 bits per heavy atom. The molecule has 0 saturated heterocycles.